The van der Waals surface area contributed by atoms with Crippen molar-refractivity contribution in [3.63, 3.8) is 0 Å². The molecule has 6 nitrogen and oxygen atoms in total. The summed E-state index contributed by atoms with van der Waals surface area (Å²) >= 11 is 0. The summed E-state index contributed by atoms with van der Waals surface area (Å²) in [5.41, 5.74) is 1.51. The Balaban J connectivity index is 2.13. The van der Waals surface area contributed by atoms with E-state index in [2.05, 4.69) is 4.98 Å². The molecule has 0 aromatic carbocycles. The van der Waals surface area contributed by atoms with E-state index in [1.54, 1.807) is 17.9 Å². The number of esters is 1. The van der Waals surface area contributed by atoms with E-state index >= 15 is 0 Å². The molecule has 0 radical (unpaired) electrons. The zero-order chi connectivity index (χ0) is 16.3. The maximum Gasteiger partial charge on any atom is 0.410 e. The average molecular weight is 306 g/mol. The largest absolute Gasteiger partial charge is 0.461 e. The van der Waals surface area contributed by atoms with Crippen molar-refractivity contribution in [2.75, 3.05) is 13.2 Å². The fourth-order valence-corrected chi connectivity index (χ4v) is 2.21. The summed E-state index contributed by atoms with van der Waals surface area (Å²) in [7, 11) is 0. The molecular formula is C16H22N2O4. The Kier molecular flexibility index (Phi) is 4.68. The number of hydrogen-bond donors (Lipinski definition) is 0. The minimum absolute atomic E-state index is 0.270. The van der Waals surface area contributed by atoms with Crippen molar-refractivity contribution in [1.82, 2.24) is 9.88 Å². The summed E-state index contributed by atoms with van der Waals surface area (Å²) in [5.74, 6) is -0.445. The molecule has 0 bridgehead atoms. The molecule has 1 amide bonds. The van der Waals surface area contributed by atoms with Crippen molar-refractivity contribution in [2.45, 2.75) is 46.3 Å². The van der Waals surface area contributed by atoms with Crippen molar-refractivity contribution >= 4 is 12.1 Å². The van der Waals surface area contributed by atoms with Crippen molar-refractivity contribution in [1.29, 1.82) is 0 Å². The number of pyridine rings is 1. The lowest BCUT2D eigenvalue weighted by Crippen LogP contribution is -2.40. The number of fused-ring (bicyclic) bond motifs is 1. The lowest BCUT2D eigenvalue weighted by Gasteiger charge is -2.30. The smallest absolute Gasteiger partial charge is 0.410 e. The van der Waals surface area contributed by atoms with Gasteiger partial charge < -0.3 is 14.4 Å². The van der Waals surface area contributed by atoms with Crippen molar-refractivity contribution < 1.29 is 19.1 Å². The second-order valence-corrected chi connectivity index (χ2v) is 6.17. The zero-order valence-electron chi connectivity index (χ0n) is 13.5. The summed E-state index contributed by atoms with van der Waals surface area (Å²) in [6.45, 7) is 8.49. The van der Waals surface area contributed by atoms with Gasteiger partial charge in [0.1, 0.15) is 11.3 Å². The summed E-state index contributed by atoms with van der Waals surface area (Å²) in [4.78, 5) is 29.8. The second kappa shape index (κ2) is 6.34. The molecule has 1 aliphatic heterocycles. The van der Waals surface area contributed by atoms with E-state index in [9.17, 15) is 9.59 Å². The molecule has 0 unspecified atom stereocenters. The van der Waals surface area contributed by atoms with Crippen molar-refractivity contribution in [3.8, 4) is 0 Å². The van der Waals surface area contributed by atoms with Crippen molar-refractivity contribution in [2.24, 2.45) is 0 Å². The number of rotatable bonds is 2. The highest BCUT2D eigenvalue weighted by Crippen LogP contribution is 2.20. The fraction of sp³-hybridized carbons (Fsp3) is 0.562. The molecule has 0 spiro atoms. The lowest BCUT2D eigenvalue weighted by molar-refractivity contribution is 0.0221. The maximum atomic E-state index is 12.1. The molecule has 0 saturated heterocycles. The van der Waals surface area contributed by atoms with Gasteiger partial charge in [-0.1, -0.05) is 6.07 Å². The molecule has 1 aromatic rings. The highest BCUT2D eigenvalue weighted by molar-refractivity contribution is 5.87. The minimum Gasteiger partial charge on any atom is -0.461 e. The van der Waals surface area contributed by atoms with Gasteiger partial charge in [0.15, 0.2) is 0 Å². The molecule has 6 heteroatoms. The monoisotopic (exact) mass is 306 g/mol. The minimum atomic E-state index is -0.530. The van der Waals surface area contributed by atoms with Gasteiger partial charge in [0.2, 0.25) is 0 Å². The summed E-state index contributed by atoms with van der Waals surface area (Å²) in [6, 6.07) is 3.54. The zero-order valence-corrected chi connectivity index (χ0v) is 13.5. The van der Waals surface area contributed by atoms with Crippen LogP contribution >= 0.6 is 0 Å². The van der Waals surface area contributed by atoms with Gasteiger partial charge in [-0.2, -0.15) is 0 Å². The summed E-state index contributed by atoms with van der Waals surface area (Å²) in [6.07, 6.45) is 0.339. The second-order valence-electron chi connectivity index (χ2n) is 6.17. The van der Waals surface area contributed by atoms with Crippen LogP contribution in [-0.4, -0.2) is 40.7 Å². The third-order valence-corrected chi connectivity index (χ3v) is 3.20. The van der Waals surface area contributed by atoms with Crippen LogP contribution in [0, 0.1) is 0 Å². The SMILES string of the molecule is CCOC(=O)c1ccc2c(n1)CN(C(=O)OC(C)(C)C)CC2. The van der Waals surface area contributed by atoms with Crippen LogP contribution in [0.5, 0.6) is 0 Å². The number of nitrogens with zero attached hydrogens (tertiary/aromatic N) is 2. The number of amides is 1. The molecule has 2 heterocycles. The topological polar surface area (TPSA) is 68.7 Å². The summed E-state index contributed by atoms with van der Waals surface area (Å²) < 4.78 is 10.3. The van der Waals surface area contributed by atoms with Crippen LogP contribution in [-0.2, 0) is 22.4 Å². The lowest BCUT2D eigenvalue weighted by atomic mass is 10.0. The first-order valence-electron chi connectivity index (χ1n) is 7.44. The Morgan fingerprint density at radius 3 is 2.68 bits per heavy atom. The molecule has 2 rings (SSSR count). The Morgan fingerprint density at radius 1 is 1.32 bits per heavy atom. The van der Waals surface area contributed by atoms with Crippen LogP contribution in [0.2, 0.25) is 0 Å². The molecule has 0 N–H and O–H groups in total. The van der Waals surface area contributed by atoms with E-state index in [4.69, 9.17) is 9.47 Å². The Bertz CT molecular complexity index is 578. The van der Waals surface area contributed by atoms with Crippen LogP contribution in [0.1, 0.15) is 49.4 Å². The molecule has 120 valence electrons. The Hall–Kier alpha value is -2.11. The molecular weight excluding hydrogens is 284 g/mol. The van der Waals surface area contributed by atoms with Gasteiger partial charge >= 0.3 is 12.1 Å². The fourth-order valence-electron chi connectivity index (χ4n) is 2.21. The average Bonchev–Trinajstić information content (AvgIpc) is 2.44. The van der Waals surface area contributed by atoms with E-state index in [1.807, 2.05) is 26.8 Å². The predicted molar refractivity (Wildman–Crippen MR) is 80.5 cm³/mol. The van der Waals surface area contributed by atoms with Gasteiger partial charge in [0.05, 0.1) is 18.8 Å². The molecule has 0 atom stereocenters. The third kappa shape index (κ3) is 3.96. The number of ether oxygens (including phenoxy) is 2. The first-order valence-corrected chi connectivity index (χ1v) is 7.44. The number of carbonyl (C=O) groups excluding carboxylic acids is 2. The van der Waals surface area contributed by atoms with Crippen LogP contribution in [0.15, 0.2) is 12.1 Å². The third-order valence-electron chi connectivity index (χ3n) is 3.20. The molecule has 1 aromatic heterocycles. The normalized spacial score (nSPS) is 14.3. The molecule has 1 aliphatic rings. The first-order chi connectivity index (χ1) is 10.3. The van der Waals surface area contributed by atoms with Crippen LogP contribution in [0.25, 0.3) is 0 Å². The Morgan fingerprint density at radius 2 is 2.05 bits per heavy atom. The standard InChI is InChI=1S/C16H22N2O4/c1-5-21-14(19)12-7-6-11-8-9-18(10-13(11)17-12)15(20)22-16(2,3)4/h6-7H,5,8-10H2,1-4H3. The highest BCUT2D eigenvalue weighted by atomic mass is 16.6. The maximum absolute atomic E-state index is 12.1. The highest BCUT2D eigenvalue weighted by Gasteiger charge is 2.27. The van der Waals surface area contributed by atoms with E-state index in [1.165, 1.54) is 0 Å². The van der Waals surface area contributed by atoms with Gasteiger partial charge in [-0.25, -0.2) is 14.6 Å². The molecule has 22 heavy (non-hydrogen) atoms. The van der Waals surface area contributed by atoms with E-state index in [-0.39, 0.29) is 11.8 Å². The van der Waals surface area contributed by atoms with Crippen molar-refractivity contribution in [3.05, 3.63) is 29.1 Å². The van der Waals surface area contributed by atoms with E-state index < -0.39 is 11.6 Å². The van der Waals surface area contributed by atoms with Gasteiger partial charge in [-0.05, 0) is 45.7 Å². The van der Waals surface area contributed by atoms with Gasteiger partial charge in [0.25, 0.3) is 0 Å². The van der Waals surface area contributed by atoms with Crippen LogP contribution in [0.3, 0.4) is 0 Å². The van der Waals surface area contributed by atoms with E-state index in [0.29, 0.717) is 26.1 Å². The predicted octanol–water partition coefficient (Wildman–Crippen LogP) is 2.55. The van der Waals surface area contributed by atoms with Gasteiger partial charge in [0, 0.05) is 6.54 Å². The van der Waals surface area contributed by atoms with Crippen LogP contribution in [0.4, 0.5) is 4.79 Å². The number of carbonyl (C=O) groups is 2. The summed E-state index contributed by atoms with van der Waals surface area (Å²) in [5, 5.41) is 0. The quantitative estimate of drug-likeness (QED) is 0.785. The number of aromatic nitrogens is 1. The first kappa shape index (κ1) is 16.3. The van der Waals surface area contributed by atoms with Gasteiger partial charge in [-0.3, -0.25) is 0 Å². The van der Waals surface area contributed by atoms with E-state index in [0.717, 1.165) is 11.3 Å². The van der Waals surface area contributed by atoms with Gasteiger partial charge in [-0.15, -0.1) is 0 Å². The molecule has 0 aliphatic carbocycles. The molecule has 0 fully saturated rings. The molecule has 0 saturated carbocycles. The Labute approximate surface area is 130 Å². The number of hydrogen-bond acceptors (Lipinski definition) is 5. The van der Waals surface area contributed by atoms with Crippen LogP contribution < -0.4 is 0 Å².